The highest BCUT2D eigenvalue weighted by Gasteiger charge is 2.29. The van der Waals surface area contributed by atoms with Gasteiger partial charge in [-0.2, -0.15) is 12.6 Å². The van der Waals surface area contributed by atoms with Crippen LogP contribution in [-0.2, 0) is 7.86 Å². The Kier molecular flexibility index (Phi) is 3.97. The molecule has 0 aliphatic heterocycles. The molecule has 0 saturated heterocycles. The van der Waals surface area contributed by atoms with Gasteiger partial charge in [0, 0.05) is 4.75 Å². The lowest BCUT2D eigenvalue weighted by molar-refractivity contribution is -0.133. The van der Waals surface area contributed by atoms with E-state index in [0.717, 1.165) is 0 Å². The number of carbonyl (C=O) groups excluding carboxylic acids is 1. The third kappa shape index (κ3) is 3.07. The van der Waals surface area contributed by atoms with Crippen LogP contribution in [0.15, 0.2) is 0 Å². The molecule has 0 aliphatic rings. The quantitative estimate of drug-likeness (QED) is 0.582. The van der Waals surface area contributed by atoms with Crippen LogP contribution < -0.4 is 5.73 Å². The van der Waals surface area contributed by atoms with Crippen molar-refractivity contribution in [1.29, 1.82) is 0 Å². The minimum atomic E-state index is -0.673. The van der Waals surface area contributed by atoms with Crippen molar-refractivity contribution in [3.05, 3.63) is 0 Å². The molecule has 10 heavy (non-hydrogen) atoms. The van der Waals surface area contributed by atoms with Gasteiger partial charge in [0.25, 0.3) is 0 Å². The molecule has 0 spiro atoms. The fourth-order valence-corrected chi connectivity index (χ4v) is 0.716. The van der Waals surface area contributed by atoms with Gasteiger partial charge in [-0.25, -0.2) is 4.79 Å². The van der Waals surface area contributed by atoms with Gasteiger partial charge in [-0.3, -0.25) is 0 Å². The zero-order valence-corrected chi connectivity index (χ0v) is 8.85. The fourth-order valence-electron chi connectivity index (χ4n) is 0.336. The highest BCUT2D eigenvalue weighted by Crippen LogP contribution is 2.17. The molecule has 1 unspecified atom stereocenters. The van der Waals surface area contributed by atoms with Crippen LogP contribution in [0.3, 0.4) is 0 Å². The number of nitrogens with two attached hydrogens (primary N) is 1. The average Bonchev–Trinajstić information content (AvgIpc) is 1.83. The van der Waals surface area contributed by atoms with Gasteiger partial charge in [-0.15, -0.1) is 0 Å². The van der Waals surface area contributed by atoms with Gasteiger partial charge in [-0.05, 0) is 13.8 Å². The summed E-state index contributed by atoms with van der Waals surface area (Å²) in [5.74, 6) is -0.444. The topological polar surface area (TPSA) is 52.3 Å². The molecule has 0 bridgehead atoms. The minimum Gasteiger partial charge on any atom is -0.393 e. The summed E-state index contributed by atoms with van der Waals surface area (Å²) in [4.78, 5) is 10.8. The van der Waals surface area contributed by atoms with E-state index < -0.39 is 16.8 Å². The molecule has 1 atom stereocenters. The van der Waals surface area contributed by atoms with E-state index in [2.05, 4.69) is 15.7 Å². The van der Waals surface area contributed by atoms with E-state index in [-0.39, 0.29) is 0 Å². The SMILES string of the molecule is CC(C)(S)C(N)C(=O)OI. The molecule has 3 nitrogen and oxygen atoms in total. The van der Waals surface area contributed by atoms with Gasteiger partial charge in [0.15, 0.2) is 23.0 Å². The molecule has 5 heteroatoms. The normalized spacial score (nSPS) is 14.5. The van der Waals surface area contributed by atoms with E-state index in [9.17, 15) is 4.79 Å². The van der Waals surface area contributed by atoms with Crippen LogP contribution in [0.1, 0.15) is 13.8 Å². The lowest BCUT2D eigenvalue weighted by Crippen LogP contribution is -2.45. The number of halogens is 1. The van der Waals surface area contributed by atoms with Gasteiger partial charge in [-0.1, -0.05) is 0 Å². The molecule has 0 heterocycles. The van der Waals surface area contributed by atoms with Crippen molar-refractivity contribution in [3.8, 4) is 0 Å². The van der Waals surface area contributed by atoms with Gasteiger partial charge < -0.3 is 8.80 Å². The first kappa shape index (κ1) is 10.5. The molecule has 2 N–H and O–H groups in total. The van der Waals surface area contributed by atoms with E-state index in [1.54, 1.807) is 13.8 Å². The van der Waals surface area contributed by atoms with Crippen LogP contribution in [0.5, 0.6) is 0 Å². The third-order valence-electron chi connectivity index (χ3n) is 1.09. The fraction of sp³-hybridized carbons (Fsp3) is 0.800. The minimum absolute atomic E-state index is 0.444. The Morgan fingerprint density at radius 3 is 2.30 bits per heavy atom. The lowest BCUT2D eigenvalue weighted by atomic mass is 10.1. The smallest absolute Gasteiger partial charge is 0.333 e. The molecule has 0 aliphatic carbocycles. The van der Waals surface area contributed by atoms with E-state index in [1.807, 2.05) is 0 Å². The number of thiol groups is 1. The highest BCUT2D eigenvalue weighted by molar-refractivity contribution is 14.1. The molecule has 0 amide bonds. The maximum absolute atomic E-state index is 10.8. The first-order valence-electron chi connectivity index (χ1n) is 2.70. The molecular weight excluding hydrogens is 265 g/mol. The lowest BCUT2D eigenvalue weighted by Gasteiger charge is -2.22. The molecule has 0 radical (unpaired) electrons. The molecule has 0 fully saturated rings. The molecule has 60 valence electrons. The summed E-state index contributed by atoms with van der Waals surface area (Å²) in [5.41, 5.74) is 5.45. The van der Waals surface area contributed by atoms with Crippen LogP contribution in [0, 0.1) is 0 Å². The van der Waals surface area contributed by atoms with Crippen molar-refractivity contribution in [2.45, 2.75) is 24.6 Å². The van der Waals surface area contributed by atoms with Crippen molar-refractivity contribution >= 4 is 41.6 Å². The summed E-state index contributed by atoms with van der Waals surface area (Å²) in [6.45, 7) is 3.52. The van der Waals surface area contributed by atoms with Gasteiger partial charge in [0.05, 0.1) is 0 Å². The Balaban J connectivity index is 4.08. The van der Waals surface area contributed by atoms with Crippen LogP contribution >= 0.6 is 35.6 Å². The highest BCUT2D eigenvalue weighted by atomic mass is 127. The zero-order chi connectivity index (χ0) is 8.36. The third-order valence-corrected chi connectivity index (χ3v) is 1.80. The summed E-state index contributed by atoms with van der Waals surface area (Å²) in [6, 6.07) is -0.673. The maximum atomic E-state index is 10.8. The summed E-state index contributed by atoms with van der Waals surface area (Å²) in [5, 5.41) is 0. The molecule has 0 saturated carbocycles. The van der Waals surface area contributed by atoms with Gasteiger partial charge >= 0.3 is 5.97 Å². The monoisotopic (exact) mass is 275 g/mol. The first-order chi connectivity index (χ1) is 4.39. The van der Waals surface area contributed by atoms with Crippen LogP contribution in [0.2, 0.25) is 0 Å². The Morgan fingerprint density at radius 2 is 2.20 bits per heavy atom. The van der Waals surface area contributed by atoms with E-state index in [0.29, 0.717) is 0 Å². The Morgan fingerprint density at radius 1 is 1.80 bits per heavy atom. The second kappa shape index (κ2) is 3.77. The molecule has 0 aromatic carbocycles. The van der Waals surface area contributed by atoms with Crippen LogP contribution in [0.4, 0.5) is 0 Å². The number of hydrogen-bond acceptors (Lipinski definition) is 4. The number of hydrogen-bond donors (Lipinski definition) is 2. The summed E-state index contributed by atoms with van der Waals surface area (Å²) in [7, 11) is 0. The molecular formula is C5H10INO2S. The van der Waals surface area contributed by atoms with E-state index in [1.165, 1.54) is 23.0 Å². The van der Waals surface area contributed by atoms with Crippen molar-refractivity contribution in [2.24, 2.45) is 5.73 Å². The Labute approximate surface area is 79.8 Å². The van der Waals surface area contributed by atoms with Crippen LogP contribution in [0.25, 0.3) is 0 Å². The zero-order valence-electron chi connectivity index (χ0n) is 5.80. The van der Waals surface area contributed by atoms with Crippen molar-refractivity contribution in [1.82, 2.24) is 0 Å². The van der Waals surface area contributed by atoms with E-state index in [4.69, 9.17) is 5.73 Å². The number of rotatable bonds is 2. The Bertz CT molecular complexity index is 134. The largest absolute Gasteiger partial charge is 0.393 e. The molecule has 0 rings (SSSR count). The first-order valence-corrected chi connectivity index (χ1v) is 4.02. The standard InChI is InChI=1S/C5H10INO2S/c1-5(2,10)3(7)4(8)9-6/h3,10H,7H2,1-2H3. The maximum Gasteiger partial charge on any atom is 0.333 e. The molecule has 0 aromatic rings. The van der Waals surface area contributed by atoms with Crippen LogP contribution in [-0.4, -0.2) is 16.8 Å². The number of carbonyl (C=O) groups is 1. The van der Waals surface area contributed by atoms with Crippen molar-refractivity contribution in [2.75, 3.05) is 0 Å². The predicted molar refractivity (Wildman–Crippen MR) is 51.2 cm³/mol. The second-order valence-corrected chi connectivity index (χ2v) is 4.12. The average molecular weight is 275 g/mol. The predicted octanol–water partition coefficient (Wildman–Crippen LogP) is 0.915. The van der Waals surface area contributed by atoms with Gasteiger partial charge in [0.1, 0.15) is 6.04 Å². The Hall–Kier alpha value is 0.510. The summed E-state index contributed by atoms with van der Waals surface area (Å²) >= 11 is 5.62. The van der Waals surface area contributed by atoms with E-state index >= 15 is 0 Å². The van der Waals surface area contributed by atoms with Crippen molar-refractivity contribution in [3.63, 3.8) is 0 Å². The summed E-state index contributed by atoms with van der Waals surface area (Å²) < 4.78 is 3.87. The van der Waals surface area contributed by atoms with Crippen molar-refractivity contribution < 1.29 is 7.86 Å². The molecule has 0 aromatic heterocycles. The second-order valence-electron chi connectivity index (χ2n) is 2.53. The van der Waals surface area contributed by atoms with Gasteiger partial charge in [0.2, 0.25) is 0 Å². The summed E-state index contributed by atoms with van der Waals surface area (Å²) in [6.07, 6.45) is 0.